The van der Waals surface area contributed by atoms with Gasteiger partial charge in [-0.1, -0.05) is 37.7 Å². The zero-order valence-corrected chi connectivity index (χ0v) is 26.7. The highest BCUT2D eigenvalue weighted by molar-refractivity contribution is 5.87. The zero-order valence-electron chi connectivity index (χ0n) is 26.7. The van der Waals surface area contributed by atoms with Crippen LogP contribution in [0.3, 0.4) is 0 Å². The van der Waals surface area contributed by atoms with Crippen molar-refractivity contribution in [3.05, 3.63) is 12.7 Å². The average molecular weight is 609 g/mol. The molecule has 5 unspecified atom stereocenters. The molecule has 244 valence electrons. The van der Waals surface area contributed by atoms with Crippen molar-refractivity contribution >= 4 is 5.91 Å². The summed E-state index contributed by atoms with van der Waals surface area (Å²) in [6, 6.07) is 1.17. The van der Waals surface area contributed by atoms with Crippen molar-refractivity contribution in [3.63, 3.8) is 0 Å². The van der Waals surface area contributed by atoms with Crippen molar-refractivity contribution in [2.24, 2.45) is 29.4 Å². The third-order valence-corrected chi connectivity index (χ3v) is 12.2. The molecule has 2 aliphatic carbocycles. The standard InChI is InChI=1S/C35H56N6O3/c1-2-31(42)39-17-14-26(15-18-39)40-20-24(21-40)8-13-30-32(25-9-11-29(12-10-25)44-28-6-4-3-5-7-28)33-34(36)37-23-38-35(33)41(30)27-16-19-43-22-27/h2,24-30,32-35,37-38H,1,3-7,9-12,14-23,36H2/t25?,27-,29?,30?,32?,33?,34?,35?/m1/s1. The topological polar surface area (TPSA) is 95.3 Å². The normalized spacial score (nSPS) is 39.8. The summed E-state index contributed by atoms with van der Waals surface area (Å²) in [6.07, 6.45) is 17.1. The minimum atomic E-state index is -0.0166. The van der Waals surface area contributed by atoms with Crippen LogP contribution in [0.1, 0.15) is 77.0 Å². The van der Waals surface area contributed by atoms with E-state index in [4.69, 9.17) is 15.2 Å². The maximum Gasteiger partial charge on any atom is 0.245 e. The number of hydrogen-bond donors (Lipinski definition) is 3. The molecule has 44 heavy (non-hydrogen) atoms. The van der Waals surface area contributed by atoms with Gasteiger partial charge < -0.3 is 20.1 Å². The van der Waals surface area contributed by atoms with Gasteiger partial charge in [0, 0.05) is 63.4 Å². The van der Waals surface area contributed by atoms with E-state index in [1.54, 1.807) is 0 Å². The van der Waals surface area contributed by atoms with E-state index >= 15 is 0 Å². The first kappa shape index (κ1) is 31.1. The van der Waals surface area contributed by atoms with Gasteiger partial charge in [-0.3, -0.25) is 25.2 Å². The predicted molar refractivity (Wildman–Crippen MR) is 171 cm³/mol. The number of carbonyl (C=O) groups excluding carboxylic acids is 1. The number of hydrogen-bond acceptors (Lipinski definition) is 8. The second kappa shape index (κ2) is 14.1. The number of rotatable bonds is 6. The summed E-state index contributed by atoms with van der Waals surface area (Å²) in [7, 11) is 0. The molecule has 7 fully saturated rings. The molecule has 2 saturated carbocycles. The van der Waals surface area contributed by atoms with E-state index in [0.29, 0.717) is 48.0 Å². The van der Waals surface area contributed by atoms with Crippen molar-refractivity contribution in [1.29, 1.82) is 0 Å². The van der Waals surface area contributed by atoms with Crippen LogP contribution in [0.2, 0.25) is 0 Å². The van der Waals surface area contributed by atoms with Gasteiger partial charge in [-0.15, -0.1) is 0 Å². The molecule has 9 nitrogen and oxygen atoms in total. The van der Waals surface area contributed by atoms with Gasteiger partial charge in [0.05, 0.1) is 37.2 Å². The van der Waals surface area contributed by atoms with E-state index in [1.807, 2.05) is 4.90 Å². The fourth-order valence-corrected chi connectivity index (χ4v) is 9.81. The molecule has 9 heteroatoms. The van der Waals surface area contributed by atoms with Crippen molar-refractivity contribution < 1.29 is 14.3 Å². The SMILES string of the molecule is C=CC(=O)N1CCC(N2CC(C#CC3C(C4CCC(OC5CCCCC5)CC4)C4C(N)NCNC4N3[C@@H]3CCOC3)C2)CC1. The lowest BCUT2D eigenvalue weighted by Gasteiger charge is -2.45. The Bertz CT molecular complexity index is 1040. The fraction of sp³-hybridized carbons (Fsp3) is 0.857. The second-order valence-electron chi connectivity index (χ2n) is 14.8. The predicted octanol–water partition coefficient (Wildman–Crippen LogP) is 2.47. The molecule has 0 radical (unpaired) electrons. The number of carbonyl (C=O) groups is 1. The molecule has 5 saturated heterocycles. The van der Waals surface area contributed by atoms with Gasteiger partial charge in [-0.25, -0.2) is 0 Å². The van der Waals surface area contributed by atoms with Crippen LogP contribution in [0.25, 0.3) is 0 Å². The van der Waals surface area contributed by atoms with Crippen LogP contribution in [-0.2, 0) is 14.3 Å². The Balaban J connectivity index is 1.03. The van der Waals surface area contributed by atoms with Gasteiger partial charge in [-0.05, 0) is 75.7 Å². The molecule has 7 rings (SSSR count). The molecule has 1 amide bonds. The van der Waals surface area contributed by atoms with E-state index in [-0.39, 0.29) is 24.3 Å². The number of piperidine rings is 1. The van der Waals surface area contributed by atoms with E-state index in [0.717, 1.165) is 65.3 Å². The van der Waals surface area contributed by atoms with Crippen LogP contribution in [0.4, 0.5) is 0 Å². The zero-order chi connectivity index (χ0) is 30.0. The Kier molecular flexibility index (Phi) is 9.96. The van der Waals surface area contributed by atoms with Crippen LogP contribution in [0.15, 0.2) is 12.7 Å². The summed E-state index contributed by atoms with van der Waals surface area (Å²) >= 11 is 0. The first-order valence-corrected chi connectivity index (χ1v) is 18.0. The molecule has 0 bridgehead atoms. The molecule has 0 aromatic carbocycles. The van der Waals surface area contributed by atoms with Crippen LogP contribution in [0.5, 0.6) is 0 Å². The van der Waals surface area contributed by atoms with Gasteiger partial charge in [0.25, 0.3) is 0 Å². The van der Waals surface area contributed by atoms with Crippen molar-refractivity contribution in [2.75, 3.05) is 46.1 Å². The summed E-state index contributed by atoms with van der Waals surface area (Å²) in [6.45, 7) is 9.80. The summed E-state index contributed by atoms with van der Waals surface area (Å²) in [5.41, 5.74) is 6.90. The number of nitrogens with two attached hydrogens (primary N) is 1. The minimum Gasteiger partial charge on any atom is -0.380 e. The lowest BCUT2D eigenvalue weighted by atomic mass is 9.70. The molecular weight excluding hydrogens is 552 g/mol. The summed E-state index contributed by atoms with van der Waals surface area (Å²) < 4.78 is 12.6. The molecule has 0 spiro atoms. The van der Waals surface area contributed by atoms with Crippen LogP contribution >= 0.6 is 0 Å². The molecular formula is C35H56N6O3. The third-order valence-electron chi connectivity index (χ3n) is 12.2. The van der Waals surface area contributed by atoms with Gasteiger partial charge in [0.1, 0.15) is 0 Å². The Morgan fingerprint density at radius 1 is 0.886 bits per heavy atom. The lowest BCUT2D eigenvalue weighted by molar-refractivity contribution is -0.127. The Morgan fingerprint density at radius 3 is 2.34 bits per heavy atom. The largest absolute Gasteiger partial charge is 0.380 e. The lowest BCUT2D eigenvalue weighted by Crippen LogP contribution is -2.64. The van der Waals surface area contributed by atoms with Crippen molar-refractivity contribution in [1.82, 2.24) is 25.3 Å². The number of ether oxygens (including phenoxy) is 2. The summed E-state index contributed by atoms with van der Waals surface area (Å²) in [4.78, 5) is 19.2. The third kappa shape index (κ3) is 6.51. The quantitative estimate of drug-likeness (QED) is 0.313. The first-order chi connectivity index (χ1) is 21.6. The molecule has 5 aliphatic heterocycles. The molecule has 5 heterocycles. The van der Waals surface area contributed by atoms with E-state index in [9.17, 15) is 4.79 Å². The van der Waals surface area contributed by atoms with Gasteiger partial charge in [0.15, 0.2) is 0 Å². The molecule has 4 N–H and O–H groups in total. The van der Waals surface area contributed by atoms with Gasteiger partial charge in [-0.2, -0.15) is 0 Å². The minimum absolute atomic E-state index is 0.0166. The molecule has 7 aliphatic rings. The highest BCUT2D eigenvalue weighted by Gasteiger charge is 2.56. The fourth-order valence-electron chi connectivity index (χ4n) is 9.81. The van der Waals surface area contributed by atoms with E-state index in [2.05, 4.69) is 38.9 Å². The van der Waals surface area contributed by atoms with Crippen molar-refractivity contribution in [3.8, 4) is 11.8 Å². The number of likely N-dealkylation sites (tertiary alicyclic amines) is 3. The Hall–Kier alpha value is -1.51. The number of nitrogens with zero attached hydrogens (tertiary/aromatic N) is 3. The Labute approximate surface area is 265 Å². The summed E-state index contributed by atoms with van der Waals surface area (Å²) in [5.74, 6) is 9.64. The molecule has 0 aromatic rings. The van der Waals surface area contributed by atoms with E-state index in [1.165, 1.54) is 63.9 Å². The monoisotopic (exact) mass is 608 g/mol. The van der Waals surface area contributed by atoms with E-state index < -0.39 is 0 Å². The number of nitrogens with one attached hydrogen (secondary N) is 2. The van der Waals surface area contributed by atoms with Crippen molar-refractivity contribution in [2.45, 2.75) is 120 Å². The number of fused-ring (bicyclic) bond motifs is 1. The summed E-state index contributed by atoms with van der Waals surface area (Å²) in [5, 5.41) is 7.39. The number of amides is 1. The average Bonchev–Trinajstić information content (AvgIpc) is 3.68. The maximum atomic E-state index is 12.0. The first-order valence-electron chi connectivity index (χ1n) is 18.0. The highest BCUT2D eigenvalue weighted by Crippen LogP contribution is 2.47. The molecule has 0 aromatic heterocycles. The smallest absolute Gasteiger partial charge is 0.245 e. The van der Waals surface area contributed by atoms with Crippen LogP contribution in [0, 0.1) is 35.5 Å². The van der Waals surface area contributed by atoms with Crippen LogP contribution in [-0.4, -0.2) is 109 Å². The maximum absolute atomic E-state index is 12.0. The second-order valence-corrected chi connectivity index (χ2v) is 14.8. The Morgan fingerprint density at radius 2 is 1.64 bits per heavy atom. The highest BCUT2D eigenvalue weighted by atomic mass is 16.5. The van der Waals surface area contributed by atoms with Gasteiger partial charge >= 0.3 is 0 Å². The molecule has 6 atom stereocenters. The van der Waals surface area contributed by atoms with Crippen LogP contribution < -0.4 is 16.4 Å². The van der Waals surface area contributed by atoms with Gasteiger partial charge in [0.2, 0.25) is 5.91 Å².